The van der Waals surface area contributed by atoms with E-state index in [0.717, 1.165) is 18.1 Å². The maximum Gasteiger partial charge on any atom is 0.0470 e. The average Bonchev–Trinajstić information content (AvgIpc) is 3.05. The van der Waals surface area contributed by atoms with E-state index in [0.29, 0.717) is 12.0 Å². The first-order valence-corrected chi connectivity index (χ1v) is 9.62. The highest BCUT2D eigenvalue weighted by atomic mass is 32.1. The highest BCUT2D eigenvalue weighted by Gasteiger charge is 2.44. The van der Waals surface area contributed by atoms with E-state index >= 15 is 0 Å². The molecule has 21 heavy (non-hydrogen) atoms. The van der Waals surface area contributed by atoms with Gasteiger partial charge in [0.25, 0.3) is 0 Å². The molecule has 2 aliphatic heterocycles. The van der Waals surface area contributed by atoms with Crippen molar-refractivity contribution in [2.75, 3.05) is 6.54 Å². The summed E-state index contributed by atoms with van der Waals surface area (Å²) in [6, 6.07) is 7.55. The number of nitrogens with zero attached hydrogens (tertiary/aromatic N) is 1. The third-order valence-electron chi connectivity index (χ3n) is 5.26. The van der Waals surface area contributed by atoms with E-state index in [1.807, 2.05) is 11.3 Å². The molecule has 2 fully saturated rings. The van der Waals surface area contributed by atoms with Crippen LogP contribution in [0.1, 0.15) is 63.8 Å². The minimum Gasteiger partial charge on any atom is -0.314 e. The highest BCUT2D eigenvalue weighted by molar-refractivity contribution is 7.10. The molecule has 0 saturated carbocycles. The molecule has 3 unspecified atom stereocenters. The van der Waals surface area contributed by atoms with Gasteiger partial charge in [0.05, 0.1) is 0 Å². The van der Waals surface area contributed by atoms with Crippen LogP contribution in [0.15, 0.2) is 17.5 Å². The zero-order chi connectivity index (χ0) is 14.8. The lowest BCUT2D eigenvalue weighted by Crippen LogP contribution is -2.51. The molecule has 1 N–H and O–H groups in total. The largest absolute Gasteiger partial charge is 0.314 e. The van der Waals surface area contributed by atoms with Crippen LogP contribution in [0.2, 0.25) is 0 Å². The van der Waals surface area contributed by atoms with Crippen LogP contribution in [0.25, 0.3) is 0 Å². The van der Waals surface area contributed by atoms with Crippen molar-refractivity contribution in [3.8, 4) is 0 Å². The lowest BCUT2D eigenvalue weighted by molar-refractivity contribution is 0.0488. The molecule has 0 spiro atoms. The van der Waals surface area contributed by atoms with Gasteiger partial charge in [0.15, 0.2) is 0 Å². The van der Waals surface area contributed by atoms with Crippen molar-refractivity contribution in [3.63, 3.8) is 0 Å². The molecule has 3 heterocycles. The fourth-order valence-corrected chi connectivity index (χ4v) is 5.47. The Bertz CT molecular complexity index is 414. The van der Waals surface area contributed by atoms with Crippen molar-refractivity contribution in [2.45, 2.75) is 77.0 Å². The lowest BCUT2D eigenvalue weighted by atomic mass is 9.91. The Morgan fingerprint density at radius 2 is 2.00 bits per heavy atom. The smallest absolute Gasteiger partial charge is 0.0470 e. The molecule has 2 bridgehead atoms. The standard InChI is InChI=1S/C18H30N2S/c1-4-9-19-14-11-15-7-8-16(12-14)20(15)18(13(2)3)17-6-5-10-21-17/h5-6,10,13-16,18-19H,4,7-9,11-12H2,1-3H3. The zero-order valence-corrected chi connectivity index (χ0v) is 14.5. The zero-order valence-electron chi connectivity index (χ0n) is 13.7. The Morgan fingerprint density at radius 1 is 1.29 bits per heavy atom. The molecule has 0 radical (unpaired) electrons. The number of fused-ring (bicyclic) bond motifs is 2. The molecule has 2 aliphatic rings. The van der Waals surface area contributed by atoms with Gasteiger partial charge in [-0.2, -0.15) is 0 Å². The first kappa shape index (κ1) is 15.5. The lowest BCUT2D eigenvalue weighted by Gasteiger charge is -2.45. The minimum atomic E-state index is 0.634. The van der Waals surface area contributed by atoms with Crippen LogP contribution in [0.5, 0.6) is 0 Å². The quantitative estimate of drug-likeness (QED) is 0.836. The summed E-state index contributed by atoms with van der Waals surface area (Å²) in [6.45, 7) is 8.24. The van der Waals surface area contributed by atoms with Gasteiger partial charge < -0.3 is 5.32 Å². The van der Waals surface area contributed by atoms with Gasteiger partial charge in [0.2, 0.25) is 0 Å². The van der Waals surface area contributed by atoms with E-state index < -0.39 is 0 Å². The second kappa shape index (κ2) is 6.80. The van der Waals surface area contributed by atoms with Gasteiger partial charge >= 0.3 is 0 Å². The third kappa shape index (κ3) is 3.20. The molecular formula is C18H30N2S. The van der Waals surface area contributed by atoms with Crippen LogP contribution in [-0.2, 0) is 0 Å². The number of piperidine rings is 1. The number of hydrogen-bond acceptors (Lipinski definition) is 3. The van der Waals surface area contributed by atoms with Gasteiger partial charge in [-0.15, -0.1) is 11.3 Å². The first-order valence-electron chi connectivity index (χ1n) is 8.75. The van der Waals surface area contributed by atoms with Gasteiger partial charge in [0.1, 0.15) is 0 Å². The summed E-state index contributed by atoms with van der Waals surface area (Å²) in [4.78, 5) is 4.46. The summed E-state index contributed by atoms with van der Waals surface area (Å²) in [5, 5.41) is 6.01. The van der Waals surface area contributed by atoms with Crippen molar-refractivity contribution in [1.29, 1.82) is 0 Å². The topological polar surface area (TPSA) is 15.3 Å². The van der Waals surface area contributed by atoms with Gasteiger partial charge in [0, 0.05) is 29.0 Å². The summed E-state index contributed by atoms with van der Waals surface area (Å²) in [5.41, 5.74) is 0. The normalized spacial score (nSPS) is 31.0. The molecule has 0 aliphatic carbocycles. The maximum atomic E-state index is 3.77. The molecular weight excluding hydrogens is 276 g/mol. The molecule has 1 aromatic heterocycles. The summed E-state index contributed by atoms with van der Waals surface area (Å²) < 4.78 is 0. The van der Waals surface area contributed by atoms with Crippen molar-refractivity contribution < 1.29 is 0 Å². The SMILES string of the molecule is CCCNC1CC2CCC(C1)N2C(c1cccs1)C(C)C. The molecule has 2 nitrogen and oxygen atoms in total. The summed E-state index contributed by atoms with van der Waals surface area (Å²) >= 11 is 1.94. The van der Waals surface area contributed by atoms with E-state index in [1.165, 1.54) is 38.6 Å². The second-order valence-electron chi connectivity index (χ2n) is 7.16. The molecule has 118 valence electrons. The van der Waals surface area contributed by atoms with Gasteiger partial charge in [-0.3, -0.25) is 4.90 Å². The van der Waals surface area contributed by atoms with Crippen LogP contribution in [-0.4, -0.2) is 29.6 Å². The van der Waals surface area contributed by atoms with Crippen molar-refractivity contribution in [2.24, 2.45) is 5.92 Å². The molecule has 2 saturated heterocycles. The molecule has 3 atom stereocenters. The maximum absolute atomic E-state index is 3.77. The van der Waals surface area contributed by atoms with Crippen molar-refractivity contribution in [3.05, 3.63) is 22.4 Å². The Balaban J connectivity index is 1.74. The molecule has 0 aromatic carbocycles. The van der Waals surface area contributed by atoms with E-state index in [1.54, 1.807) is 4.88 Å². The number of hydrogen-bond donors (Lipinski definition) is 1. The molecule has 0 amide bonds. The Hall–Kier alpha value is -0.380. The van der Waals surface area contributed by atoms with E-state index in [-0.39, 0.29) is 0 Å². The van der Waals surface area contributed by atoms with E-state index in [4.69, 9.17) is 0 Å². The van der Waals surface area contributed by atoms with E-state index in [2.05, 4.69) is 48.5 Å². The Morgan fingerprint density at radius 3 is 2.52 bits per heavy atom. The monoisotopic (exact) mass is 306 g/mol. The predicted octanol–water partition coefficient (Wildman–Crippen LogP) is 4.44. The third-order valence-corrected chi connectivity index (χ3v) is 6.20. The van der Waals surface area contributed by atoms with Gasteiger partial charge in [-0.05, 0) is 56.0 Å². The summed E-state index contributed by atoms with van der Waals surface area (Å²) in [7, 11) is 0. The summed E-state index contributed by atoms with van der Waals surface area (Å²) in [5.74, 6) is 0.701. The minimum absolute atomic E-state index is 0.634. The number of thiophene rings is 1. The van der Waals surface area contributed by atoms with Crippen LogP contribution in [0.4, 0.5) is 0 Å². The van der Waals surface area contributed by atoms with Crippen LogP contribution >= 0.6 is 11.3 Å². The van der Waals surface area contributed by atoms with Crippen LogP contribution in [0.3, 0.4) is 0 Å². The van der Waals surface area contributed by atoms with Crippen LogP contribution < -0.4 is 5.32 Å². The van der Waals surface area contributed by atoms with Gasteiger partial charge in [-0.25, -0.2) is 0 Å². The number of rotatable bonds is 6. The van der Waals surface area contributed by atoms with Gasteiger partial charge in [-0.1, -0.05) is 26.8 Å². The van der Waals surface area contributed by atoms with E-state index in [9.17, 15) is 0 Å². The molecule has 3 rings (SSSR count). The highest BCUT2D eigenvalue weighted by Crippen LogP contribution is 2.45. The molecule has 3 heteroatoms. The fourth-order valence-electron chi connectivity index (χ4n) is 4.46. The first-order chi connectivity index (χ1) is 10.2. The number of nitrogens with one attached hydrogen (secondary N) is 1. The Kier molecular flexibility index (Phi) is 5.03. The van der Waals surface area contributed by atoms with Crippen molar-refractivity contribution in [1.82, 2.24) is 10.2 Å². The van der Waals surface area contributed by atoms with Crippen molar-refractivity contribution >= 4 is 11.3 Å². The Labute approximate surface area is 133 Å². The summed E-state index contributed by atoms with van der Waals surface area (Å²) in [6.07, 6.45) is 6.77. The average molecular weight is 307 g/mol. The fraction of sp³-hybridized carbons (Fsp3) is 0.778. The van der Waals surface area contributed by atoms with Crippen LogP contribution in [0, 0.1) is 5.92 Å². The molecule has 1 aromatic rings. The second-order valence-corrected chi connectivity index (χ2v) is 8.14. The predicted molar refractivity (Wildman–Crippen MR) is 91.9 cm³/mol.